The Balaban J connectivity index is 2.39. The van der Waals surface area contributed by atoms with Gasteiger partial charge in [-0.15, -0.1) is 0 Å². The summed E-state index contributed by atoms with van der Waals surface area (Å²) in [5, 5.41) is 10.7. The molecule has 0 unspecified atom stereocenters. The fraction of sp³-hybridized carbons (Fsp3) is 0. The number of nitrogen functional groups attached to an aromatic ring is 1. The van der Waals surface area contributed by atoms with Crippen LogP contribution < -0.4 is 10.5 Å². The Morgan fingerprint density at radius 3 is 2.55 bits per heavy atom. The summed E-state index contributed by atoms with van der Waals surface area (Å²) in [5.74, 6) is 0. The molecule has 7 nitrogen and oxygen atoms in total. The van der Waals surface area contributed by atoms with Gasteiger partial charge >= 0.3 is 5.69 Å². The van der Waals surface area contributed by atoms with E-state index in [-0.39, 0.29) is 19.9 Å². The van der Waals surface area contributed by atoms with Crippen molar-refractivity contribution in [2.45, 2.75) is 4.21 Å². The summed E-state index contributed by atoms with van der Waals surface area (Å²) in [6.07, 6.45) is 0. The number of hydrogen-bond acceptors (Lipinski definition) is 6. The SMILES string of the molecule is Nc1sc(S(=O)(=O)Nc2ccccc2Cl)cc1[N+](=O)[O-]. The number of nitrogens with one attached hydrogen (secondary N) is 1. The quantitative estimate of drug-likeness (QED) is 0.659. The molecule has 2 rings (SSSR count). The van der Waals surface area contributed by atoms with E-state index in [4.69, 9.17) is 17.3 Å². The van der Waals surface area contributed by atoms with E-state index >= 15 is 0 Å². The number of hydrogen-bond donors (Lipinski definition) is 2. The second-order valence-electron chi connectivity index (χ2n) is 3.66. The summed E-state index contributed by atoms with van der Waals surface area (Å²) in [4.78, 5) is 9.93. The van der Waals surface area contributed by atoms with Crippen LogP contribution in [-0.4, -0.2) is 13.3 Å². The third-order valence-electron chi connectivity index (χ3n) is 2.30. The van der Waals surface area contributed by atoms with Crippen LogP contribution in [0, 0.1) is 10.1 Å². The van der Waals surface area contributed by atoms with Gasteiger partial charge in [-0.05, 0) is 12.1 Å². The van der Waals surface area contributed by atoms with Crippen molar-refractivity contribution in [1.29, 1.82) is 0 Å². The van der Waals surface area contributed by atoms with E-state index in [1.165, 1.54) is 12.1 Å². The van der Waals surface area contributed by atoms with Crippen molar-refractivity contribution < 1.29 is 13.3 Å². The summed E-state index contributed by atoms with van der Waals surface area (Å²) >= 11 is 6.47. The van der Waals surface area contributed by atoms with E-state index < -0.39 is 20.6 Å². The summed E-state index contributed by atoms with van der Waals surface area (Å²) in [6.45, 7) is 0. The largest absolute Gasteiger partial charge is 0.385 e. The average Bonchev–Trinajstić information content (AvgIpc) is 2.75. The molecule has 0 aliphatic heterocycles. The van der Waals surface area contributed by atoms with Crippen LogP contribution >= 0.6 is 22.9 Å². The molecule has 0 fully saturated rings. The zero-order valence-corrected chi connectivity index (χ0v) is 12.1. The van der Waals surface area contributed by atoms with E-state index in [1.807, 2.05) is 0 Å². The second-order valence-corrected chi connectivity index (χ2v) is 7.06. The van der Waals surface area contributed by atoms with E-state index in [9.17, 15) is 18.5 Å². The smallest absolute Gasteiger partial charge is 0.304 e. The van der Waals surface area contributed by atoms with Gasteiger partial charge in [0.25, 0.3) is 10.0 Å². The molecule has 0 saturated heterocycles. The lowest BCUT2D eigenvalue weighted by Gasteiger charge is -2.07. The normalized spacial score (nSPS) is 11.2. The maximum absolute atomic E-state index is 12.1. The van der Waals surface area contributed by atoms with Crippen molar-refractivity contribution in [2.24, 2.45) is 0 Å². The molecule has 0 radical (unpaired) electrons. The zero-order valence-electron chi connectivity index (χ0n) is 9.74. The Hall–Kier alpha value is -1.84. The summed E-state index contributed by atoms with van der Waals surface area (Å²) < 4.78 is 26.2. The van der Waals surface area contributed by atoms with Crippen LogP contribution in [0.2, 0.25) is 5.02 Å². The number of para-hydroxylation sites is 1. The summed E-state index contributed by atoms with van der Waals surface area (Å²) in [5.41, 5.74) is 5.17. The number of nitro groups is 1. The number of halogens is 1. The van der Waals surface area contributed by atoms with Gasteiger partial charge in [0, 0.05) is 6.07 Å². The van der Waals surface area contributed by atoms with Gasteiger partial charge in [-0.1, -0.05) is 35.1 Å². The fourth-order valence-corrected chi connectivity index (χ4v) is 3.92. The van der Waals surface area contributed by atoms with Gasteiger partial charge in [0.1, 0.15) is 4.21 Å². The molecule has 2 aromatic rings. The average molecular weight is 334 g/mol. The number of anilines is 2. The van der Waals surface area contributed by atoms with Gasteiger partial charge in [-0.25, -0.2) is 8.42 Å². The topological polar surface area (TPSA) is 115 Å². The second kappa shape index (κ2) is 5.27. The highest BCUT2D eigenvalue weighted by Gasteiger charge is 2.25. The Morgan fingerprint density at radius 2 is 2.00 bits per heavy atom. The monoisotopic (exact) mass is 333 g/mol. The summed E-state index contributed by atoms with van der Waals surface area (Å²) in [7, 11) is -3.97. The van der Waals surface area contributed by atoms with Gasteiger partial charge in [0.05, 0.1) is 15.6 Å². The van der Waals surface area contributed by atoms with Crippen LogP contribution in [0.4, 0.5) is 16.4 Å². The molecule has 0 aliphatic rings. The van der Waals surface area contributed by atoms with Crippen LogP contribution in [-0.2, 0) is 10.0 Å². The van der Waals surface area contributed by atoms with Crippen LogP contribution in [0.1, 0.15) is 0 Å². The number of nitrogens with two attached hydrogens (primary N) is 1. The molecule has 0 spiro atoms. The summed E-state index contributed by atoms with van der Waals surface area (Å²) in [6, 6.07) is 7.16. The van der Waals surface area contributed by atoms with Gasteiger partial charge in [0.2, 0.25) is 0 Å². The highest BCUT2D eigenvalue weighted by Crippen LogP contribution is 2.35. The lowest BCUT2D eigenvalue weighted by atomic mass is 10.3. The molecule has 0 amide bonds. The molecule has 0 saturated carbocycles. The number of nitrogens with zero attached hydrogens (tertiary/aromatic N) is 1. The Kier molecular flexibility index (Phi) is 3.84. The van der Waals surface area contributed by atoms with Crippen molar-refractivity contribution in [1.82, 2.24) is 0 Å². The molecule has 3 N–H and O–H groups in total. The third kappa shape index (κ3) is 2.84. The predicted octanol–water partition coefficient (Wildman–Crippen LogP) is 2.69. The van der Waals surface area contributed by atoms with Gasteiger partial charge in [-0.3, -0.25) is 14.8 Å². The van der Waals surface area contributed by atoms with Crippen molar-refractivity contribution in [3.05, 3.63) is 45.5 Å². The van der Waals surface area contributed by atoms with Crippen molar-refractivity contribution in [2.75, 3.05) is 10.5 Å². The number of rotatable bonds is 4. The third-order valence-corrected chi connectivity index (χ3v) is 5.42. The number of sulfonamides is 1. The number of benzene rings is 1. The standard InChI is InChI=1S/C10H8ClN3O4S2/c11-6-3-1-2-4-7(6)13-20(17,18)9-5-8(14(15)16)10(12)19-9/h1-5,13H,12H2. The maximum Gasteiger partial charge on any atom is 0.304 e. The molecule has 1 aromatic heterocycles. The Bertz CT molecular complexity index is 773. The van der Waals surface area contributed by atoms with E-state index in [0.717, 1.165) is 6.07 Å². The van der Waals surface area contributed by atoms with Crippen molar-refractivity contribution in [3.63, 3.8) is 0 Å². The molecular formula is C10H8ClN3O4S2. The lowest BCUT2D eigenvalue weighted by molar-refractivity contribution is -0.383. The lowest BCUT2D eigenvalue weighted by Crippen LogP contribution is -2.11. The number of thiophene rings is 1. The van der Waals surface area contributed by atoms with Gasteiger partial charge < -0.3 is 5.73 Å². The minimum Gasteiger partial charge on any atom is -0.385 e. The predicted molar refractivity (Wildman–Crippen MR) is 77.6 cm³/mol. The fourth-order valence-electron chi connectivity index (χ4n) is 1.39. The van der Waals surface area contributed by atoms with Crippen LogP contribution in [0.3, 0.4) is 0 Å². The molecule has 1 heterocycles. The van der Waals surface area contributed by atoms with Crippen LogP contribution in [0.25, 0.3) is 0 Å². The van der Waals surface area contributed by atoms with E-state index in [0.29, 0.717) is 11.3 Å². The van der Waals surface area contributed by atoms with E-state index in [1.54, 1.807) is 12.1 Å². The molecule has 20 heavy (non-hydrogen) atoms. The minimum atomic E-state index is -3.97. The first-order chi connectivity index (χ1) is 9.31. The first kappa shape index (κ1) is 14.6. The molecular weight excluding hydrogens is 326 g/mol. The minimum absolute atomic E-state index is 0.172. The van der Waals surface area contributed by atoms with E-state index in [2.05, 4.69) is 4.72 Å². The molecule has 10 heteroatoms. The Labute approximate surface area is 123 Å². The maximum atomic E-state index is 12.1. The zero-order chi connectivity index (χ0) is 14.9. The molecule has 0 aliphatic carbocycles. The van der Waals surface area contributed by atoms with Crippen LogP contribution in [0.5, 0.6) is 0 Å². The van der Waals surface area contributed by atoms with Crippen LogP contribution in [0.15, 0.2) is 34.5 Å². The molecule has 106 valence electrons. The van der Waals surface area contributed by atoms with Crippen molar-refractivity contribution in [3.8, 4) is 0 Å². The van der Waals surface area contributed by atoms with Gasteiger partial charge in [-0.2, -0.15) is 0 Å². The highest BCUT2D eigenvalue weighted by atomic mass is 35.5. The molecule has 1 aromatic carbocycles. The van der Waals surface area contributed by atoms with Gasteiger partial charge in [0.15, 0.2) is 5.00 Å². The molecule has 0 atom stereocenters. The first-order valence-corrected chi connectivity index (χ1v) is 7.80. The first-order valence-electron chi connectivity index (χ1n) is 5.12. The molecule has 0 bridgehead atoms. The highest BCUT2D eigenvalue weighted by molar-refractivity contribution is 7.94. The Morgan fingerprint density at radius 1 is 1.35 bits per heavy atom. The van der Waals surface area contributed by atoms with Crippen molar-refractivity contribution >= 4 is 49.3 Å².